The van der Waals surface area contributed by atoms with Crippen LogP contribution < -0.4 is 0 Å². The average Bonchev–Trinajstić information content (AvgIpc) is 2.52. The summed E-state index contributed by atoms with van der Waals surface area (Å²) in [5.41, 5.74) is 1.36. The van der Waals surface area contributed by atoms with Gasteiger partial charge < -0.3 is 0 Å². The van der Waals surface area contributed by atoms with Crippen LogP contribution in [0.1, 0.15) is 44.6 Å². The average molecular weight is 357 g/mol. The molecule has 1 amide bonds. The van der Waals surface area contributed by atoms with E-state index in [4.69, 9.17) is 0 Å². The van der Waals surface area contributed by atoms with Gasteiger partial charge in [0.25, 0.3) is 5.69 Å². The third-order valence-electron chi connectivity index (χ3n) is 5.02. The number of ketones is 1. The van der Waals surface area contributed by atoms with Gasteiger partial charge in [-0.2, -0.15) is 0 Å². The maximum atomic E-state index is 13.0. The summed E-state index contributed by atoms with van der Waals surface area (Å²) >= 11 is 0. The number of Topliss-reactive ketones (excluding diaryl/α,β-unsaturated/α-hetero) is 1. The molecule has 138 valence electrons. The smallest absolute Gasteiger partial charge is 0.273 e. The number of nitro groups is 1. The lowest BCUT2D eigenvalue weighted by atomic mass is 9.69. The Morgan fingerprint density at radius 2 is 1.85 bits per heavy atom. The maximum Gasteiger partial charge on any atom is 0.273 e. The third kappa shape index (κ3) is 3.03. The summed E-state index contributed by atoms with van der Waals surface area (Å²) in [6, 6.07) is 6.39. The van der Waals surface area contributed by atoms with E-state index >= 15 is 0 Å². The van der Waals surface area contributed by atoms with E-state index in [-0.39, 0.29) is 29.2 Å². The molecule has 1 aromatic carbocycles. The summed E-state index contributed by atoms with van der Waals surface area (Å²) in [6.45, 7) is 4.00. The van der Waals surface area contributed by atoms with E-state index < -0.39 is 10.8 Å². The SMILES string of the molecule is CN(C)N1C(=O)CC(c2ccccc2[N+](=O)[O-])C2=C1CC(C)(C)CC2=O. The van der Waals surface area contributed by atoms with Crippen molar-refractivity contribution in [2.24, 2.45) is 5.41 Å². The number of carbonyl (C=O) groups excluding carboxylic acids is 2. The van der Waals surface area contributed by atoms with Gasteiger partial charge in [-0.05, 0) is 11.8 Å². The lowest BCUT2D eigenvalue weighted by Gasteiger charge is -2.44. The van der Waals surface area contributed by atoms with Crippen molar-refractivity contribution < 1.29 is 14.5 Å². The van der Waals surface area contributed by atoms with Gasteiger partial charge >= 0.3 is 0 Å². The van der Waals surface area contributed by atoms with Crippen LogP contribution in [0.25, 0.3) is 0 Å². The van der Waals surface area contributed by atoms with Crippen LogP contribution in [0, 0.1) is 15.5 Å². The van der Waals surface area contributed by atoms with Crippen LogP contribution in [0.5, 0.6) is 0 Å². The monoisotopic (exact) mass is 357 g/mol. The van der Waals surface area contributed by atoms with Crippen LogP contribution in [0.3, 0.4) is 0 Å². The lowest BCUT2D eigenvalue weighted by Crippen LogP contribution is -2.49. The van der Waals surface area contributed by atoms with E-state index in [0.29, 0.717) is 29.7 Å². The van der Waals surface area contributed by atoms with Crippen molar-refractivity contribution in [3.05, 3.63) is 51.2 Å². The predicted octanol–water partition coefficient (Wildman–Crippen LogP) is 3.03. The van der Waals surface area contributed by atoms with E-state index in [1.54, 1.807) is 42.3 Å². The minimum Gasteiger partial charge on any atom is -0.294 e. The van der Waals surface area contributed by atoms with Crippen molar-refractivity contribution in [1.82, 2.24) is 10.0 Å². The maximum absolute atomic E-state index is 13.0. The predicted molar refractivity (Wildman–Crippen MR) is 96.0 cm³/mol. The van der Waals surface area contributed by atoms with Crippen molar-refractivity contribution >= 4 is 17.4 Å². The number of rotatable bonds is 3. The molecule has 1 unspecified atom stereocenters. The van der Waals surface area contributed by atoms with E-state index in [1.807, 2.05) is 13.8 Å². The molecule has 2 aliphatic rings. The van der Waals surface area contributed by atoms with Gasteiger partial charge in [-0.15, -0.1) is 0 Å². The number of para-hydroxylation sites is 1. The molecule has 0 saturated carbocycles. The zero-order valence-corrected chi connectivity index (χ0v) is 15.5. The molecule has 1 heterocycles. The fraction of sp³-hybridized carbons (Fsp3) is 0.474. The quantitative estimate of drug-likeness (QED) is 0.613. The van der Waals surface area contributed by atoms with Crippen LogP contribution in [0.2, 0.25) is 0 Å². The first kappa shape index (κ1) is 18.3. The Hall–Kier alpha value is -2.54. The molecule has 0 N–H and O–H groups in total. The second-order valence-corrected chi connectivity index (χ2v) is 7.93. The Balaban J connectivity index is 2.22. The molecule has 0 aromatic heterocycles. The second kappa shape index (κ2) is 6.32. The molecule has 26 heavy (non-hydrogen) atoms. The summed E-state index contributed by atoms with van der Waals surface area (Å²) in [5.74, 6) is -0.750. The first-order valence-electron chi connectivity index (χ1n) is 8.62. The zero-order valence-electron chi connectivity index (χ0n) is 15.5. The van der Waals surface area contributed by atoms with Gasteiger partial charge in [-0.1, -0.05) is 32.0 Å². The number of hydrogen-bond acceptors (Lipinski definition) is 5. The summed E-state index contributed by atoms with van der Waals surface area (Å²) in [4.78, 5) is 36.9. The molecule has 7 heteroatoms. The largest absolute Gasteiger partial charge is 0.294 e. The van der Waals surface area contributed by atoms with Crippen molar-refractivity contribution in [2.75, 3.05) is 14.1 Å². The minimum absolute atomic E-state index is 0.0289. The van der Waals surface area contributed by atoms with Gasteiger partial charge in [0.2, 0.25) is 5.91 Å². The summed E-state index contributed by atoms with van der Waals surface area (Å²) in [7, 11) is 3.53. The first-order chi connectivity index (χ1) is 12.1. The molecule has 1 atom stereocenters. The van der Waals surface area contributed by atoms with Crippen LogP contribution in [-0.4, -0.2) is 40.7 Å². The third-order valence-corrected chi connectivity index (χ3v) is 5.02. The highest BCUT2D eigenvalue weighted by molar-refractivity contribution is 6.02. The number of hydrazine groups is 1. The summed E-state index contributed by atoms with van der Waals surface area (Å²) in [6.07, 6.45) is 1.00. The Bertz CT molecular complexity index is 826. The van der Waals surface area contributed by atoms with Crippen molar-refractivity contribution in [1.29, 1.82) is 0 Å². The van der Waals surface area contributed by atoms with Gasteiger partial charge in [0.05, 0.1) is 4.92 Å². The first-order valence-corrected chi connectivity index (χ1v) is 8.62. The van der Waals surface area contributed by atoms with Gasteiger partial charge in [-0.3, -0.25) is 19.7 Å². The van der Waals surface area contributed by atoms with Gasteiger partial charge in [0.1, 0.15) is 0 Å². The van der Waals surface area contributed by atoms with Crippen molar-refractivity contribution in [2.45, 2.75) is 39.0 Å². The standard InChI is InChI=1S/C19H23N3O4/c1-19(2)10-15-18(16(23)11-19)13(9-17(24)21(15)20(3)4)12-7-5-6-8-14(12)22(25)26/h5-8,13H,9-11H2,1-4H3. The lowest BCUT2D eigenvalue weighted by molar-refractivity contribution is -0.385. The number of allylic oxidation sites excluding steroid dienone is 2. The molecule has 7 nitrogen and oxygen atoms in total. The number of nitro benzene ring substituents is 1. The summed E-state index contributed by atoms with van der Waals surface area (Å²) < 4.78 is 0. The Kier molecular flexibility index (Phi) is 4.44. The fourth-order valence-corrected chi connectivity index (χ4v) is 4.08. The van der Waals surface area contributed by atoms with Crippen LogP contribution in [0.15, 0.2) is 35.5 Å². The molecule has 0 bridgehead atoms. The highest BCUT2D eigenvalue weighted by Crippen LogP contribution is 2.48. The molecule has 3 rings (SSSR count). The van der Waals surface area contributed by atoms with Crippen LogP contribution in [0.4, 0.5) is 5.69 Å². The zero-order chi connectivity index (χ0) is 19.2. The van der Waals surface area contributed by atoms with E-state index in [0.717, 1.165) is 0 Å². The topological polar surface area (TPSA) is 83.8 Å². The van der Waals surface area contributed by atoms with Gasteiger partial charge in [-0.25, -0.2) is 10.0 Å². The Morgan fingerprint density at radius 1 is 1.19 bits per heavy atom. The molecule has 1 aromatic rings. The number of amides is 1. The normalized spacial score (nSPS) is 22.7. The van der Waals surface area contributed by atoms with E-state index in [1.165, 1.54) is 6.07 Å². The fourth-order valence-electron chi connectivity index (χ4n) is 4.08. The molecular weight excluding hydrogens is 334 g/mol. The van der Waals surface area contributed by atoms with Crippen molar-refractivity contribution in [3.8, 4) is 0 Å². The van der Waals surface area contributed by atoms with E-state index in [9.17, 15) is 19.7 Å². The number of nitrogens with zero attached hydrogens (tertiary/aromatic N) is 3. The molecule has 0 fully saturated rings. The highest BCUT2D eigenvalue weighted by atomic mass is 16.6. The molecule has 1 aliphatic heterocycles. The molecular formula is C19H23N3O4. The summed E-state index contributed by atoms with van der Waals surface area (Å²) in [5, 5.41) is 14.7. The Morgan fingerprint density at radius 3 is 2.46 bits per heavy atom. The molecule has 0 spiro atoms. The van der Waals surface area contributed by atoms with Crippen molar-refractivity contribution in [3.63, 3.8) is 0 Å². The number of hydrogen-bond donors (Lipinski definition) is 0. The Labute approximate surface area is 152 Å². The highest BCUT2D eigenvalue weighted by Gasteiger charge is 2.45. The minimum atomic E-state index is -0.570. The van der Waals surface area contributed by atoms with Gasteiger partial charge in [0, 0.05) is 55.8 Å². The number of carbonyl (C=O) groups is 2. The molecule has 0 radical (unpaired) electrons. The molecule has 1 aliphatic carbocycles. The molecule has 0 saturated heterocycles. The number of benzene rings is 1. The second-order valence-electron chi connectivity index (χ2n) is 7.93. The van der Waals surface area contributed by atoms with Gasteiger partial charge in [0.15, 0.2) is 5.78 Å². The van der Waals surface area contributed by atoms with Crippen LogP contribution >= 0.6 is 0 Å². The van der Waals surface area contributed by atoms with Crippen LogP contribution in [-0.2, 0) is 9.59 Å². The van der Waals surface area contributed by atoms with E-state index in [2.05, 4.69) is 0 Å².